The normalized spacial score (nSPS) is 10.3. The summed E-state index contributed by atoms with van der Waals surface area (Å²) >= 11 is 0. The summed E-state index contributed by atoms with van der Waals surface area (Å²) in [5.41, 5.74) is 7.87. The molecule has 0 radical (unpaired) electrons. The molecule has 2 N–H and O–H groups in total. The van der Waals surface area contributed by atoms with Crippen molar-refractivity contribution >= 4 is 5.69 Å². The van der Waals surface area contributed by atoms with Gasteiger partial charge in [0.2, 0.25) is 0 Å². The fraction of sp³-hybridized carbons (Fsp3) is 0.231. The van der Waals surface area contributed by atoms with E-state index in [0.717, 1.165) is 11.1 Å². The van der Waals surface area contributed by atoms with Gasteiger partial charge in [-0.25, -0.2) is 9.78 Å². The van der Waals surface area contributed by atoms with Crippen LogP contribution >= 0.6 is 0 Å². The Bertz CT molecular complexity index is 620. The third-order valence-electron chi connectivity index (χ3n) is 2.64. The van der Waals surface area contributed by atoms with Crippen LogP contribution in [-0.4, -0.2) is 16.7 Å². The van der Waals surface area contributed by atoms with Gasteiger partial charge in [0, 0.05) is 29.7 Å². The highest BCUT2D eigenvalue weighted by atomic mass is 16.5. The van der Waals surface area contributed by atoms with Gasteiger partial charge in [0.05, 0.1) is 13.7 Å². The highest BCUT2D eigenvalue weighted by Gasteiger charge is 2.06. The Hall–Kier alpha value is -2.30. The molecule has 0 amide bonds. The van der Waals surface area contributed by atoms with Gasteiger partial charge in [-0.1, -0.05) is 6.07 Å². The molecule has 5 heteroatoms. The van der Waals surface area contributed by atoms with E-state index < -0.39 is 0 Å². The summed E-state index contributed by atoms with van der Waals surface area (Å²) < 4.78 is 6.80. The lowest BCUT2D eigenvalue weighted by Gasteiger charge is -2.11. The topological polar surface area (TPSA) is 70.1 Å². The molecule has 1 heterocycles. The molecule has 94 valence electrons. The van der Waals surface area contributed by atoms with E-state index in [9.17, 15) is 4.79 Å². The number of nitrogens with zero attached hydrogens (tertiary/aromatic N) is 2. The number of methoxy groups -OCH3 is 1. The summed E-state index contributed by atoms with van der Waals surface area (Å²) in [6, 6.07) is 5.37. The average molecular weight is 245 g/mol. The van der Waals surface area contributed by atoms with Gasteiger partial charge in [-0.2, -0.15) is 0 Å². The third kappa shape index (κ3) is 2.51. The Labute approximate surface area is 105 Å². The first-order chi connectivity index (χ1) is 8.60. The lowest BCUT2D eigenvalue weighted by Crippen LogP contribution is -2.23. The van der Waals surface area contributed by atoms with Crippen molar-refractivity contribution in [2.24, 2.45) is 0 Å². The zero-order valence-electron chi connectivity index (χ0n) is 10.4. The molecule has 2 aromatic rings. The standard InChI is InChI=1S/C13H15N3O2/c1-9-6-15-13(17)16(7-9)8-10-3-4-11(14)5-12(10)18-2/h3-7H,8,14H2,1-2H3. The van der Waals surface area contributed by atoms with Crippen molar-refractivity contribution in [1.82, 2.24) is 9.55 Å². The molecule has 0 saturated carbocycles. The first-order valence-electron chi connectivity index (χ1n) is 5.55. The minimum Gasteiger partial charge on any atom is -0.496 e. The van der Waals surface area contributed by atoms with Gasteiger partial charge in [-0.05, 0) is 18.6 Å². The van der Waals surface area contributed by atoms with E-state index in [4.69, 9.17) is 10.5 Å². The molecule has 0 saturated heterocycles. The monoisotopic (exact) mass is 245 g/mol. The number of hydrogen-bond acceptors (Lipinski definition) is 4. The van der Waals surface area contributed by atoms with Gasteiger partial charge in [-0.3, -0.25) is 4.57 Å². The predicted octanol–water partition coefficient (Wildman–Crippen LogP) is 1.19. The number of rotatable bonds is 3. The van der Waals surface area contributed by atoms with Crippen LogP contribution < -0.4 is 16.2 Å². The molecule has 0 fully saturated rings. The zero-order valence-corrected chi connectivity index (χ0v) is 10.4. The van der Waals surface area contributed by atoms with Crippen LogP contribution in [0.4, 0.5) is 5.69 Å². The van der Waals surface area contributed by atoms with Crippen molar-refractivity contribution in [2.75, 3.05) is 12.8 Å². The average Bonchev–Trinajstić information content (AvgIpc) is 2.36. The van der Waals surface area contributed by atoms with Crippen LogP contribution in [0.25, 0.3) is 0 Å². The van der Waals surface area contributed by atoms with Crippen molar-refractivity contribution < 1.29 is 4.74 Å². The van der Waals surface area contributed by atoms with Crippen LogP contribution in [-0.2, 0) is 6.54 Å². The summed E-state index contributed by atoms with van der Waals surface area (Å²) in [6.45, 7) is 2.31. The van der Waals surface area contributed by atoms with Crippen molar-refractivity contribution in [2.45, 2.75) is 13.5 Å². The summed E-state index contributed by atoms with van der Waals surface area (Å²) in [6.07, 6.45) is 3.32. The molecular formula is C13H15N3O2. The third-order valence-corrected chi connectivity index (χ3v) is 2.64. The Balaban J connectivity index is 2.39. The Morgan fingerprint density at radius 3 is 2.94 bits per heavy atom. The molecule has 0 aliphatic heterocycles. The number of nitrogen functional groups attached to an aromatic ring is 1. The van der Waals surface area contributed by atoms with E-state index in [1.165, 1.54) is 0 Å². The molecule has 0 spiro atoms. The molecule has 0 atom stereocenters. The summed E-state index contributed by atoms with van der Waals surface area (Å²) in [5.74, 6) is 0.670. The fourth-order valence-corrected chi connectivity index (χ4v) is 1.75. The number of hydrogen-bond donors (Lipinski definition) is 1. The lowest BCUT2D eigenvalue weighted by atomic mass is 10.2. The smallest absolute Gasteiger partial charge is 0.347 e. The van der Waals surface area contributed by atoms with Crippen molar-refractivity contribution in [3.8, 4) is 5.75 Å². The van der Waals surface area contributed by atoms with E-state index >= 15 is 0 Å². The minimum atomic E-state index is -0.278. The first-order valence-corrected chi connectivity index (χ1v) is 5.55. The van der Waals surface area contributed by atoms with Crippen molar-refractivity contribution in [3.05, 3.63) is 52.2 Å². The minimum absolute atomic E-state index is 0.278. The summed E-state index contributed by atoms with van der Waals surface area (Å²) in [4.78, 5) is 15.4. The molecule has 18 heavy (non-hydrogen) atoms. The van der Waals surface area contributed by atoms with E-state index in [0.29, 0.717) is 18.0 Å². The Morgan fingerprint density at radius 1 is 1.44 bits per heavy atom. The Kier molecular flexibility index (Phi) is 3.32. The molecule has 0 aliphatic carbocycles. The number of anilines is 1. The van der Waals surface area contributed by atoms with Crippen LogP contribution in [0, 0.1) is 6.92 Å². The number of aromatic nitrogens is 2. The van der Waals surface area contributed by atoms with E-state index in [2.05, 4.69) is 4.98 Å². The van der Waals surface area contributed by atoms with Crippen LogP contribution in [0.3, 0.4) is 0 Å². The molecule has 1 aromatic carbocycles. The fourth-order valence-electron chi connectivity index (χ4n) is 1.75. The molecular weight excluding hydrogens is 230 g/mol. The quantitative estimate of drug-likeness (QED) is 0.825. The Morgan fingerprint density at radius 2 is 2.22 bits per heavy atom. The van der Waals surface area contributed by atoms with Crippen molar-refractivity contribution in [1.29, 1.82) is 0 Å². The summed E-state index contributed by atoms with van der Waals surface area (Å²) in [7, 11) is 1.58. The summed E-state index contributed by atoms with van der Waals surface area (Å²) in [5, 5.41) is 0. The molecule has 0 aliphatic rings. The van der Waals surface area contributed by atoms with Gasteiger partial charge in [-0.15, -0.1) is 0 Å². The van der Waals surface area contributed by atoms with Crippen LogP contribution in [0.1, 0.15) is 11.1 Å². The van der Waals surface area contributed by atoms with E-state index in [1.807, 2.05) is 13.0 Å². The SMILES string of the molecule is COc1cc(N)ccc1Cn1cc(C)cnc1=O. The maximum Gasteiger partial charge on any atom is 0.347 e. The van der Waals surface area contributed by atoms with Gasteiger partial charge in [0.15, 0.2) is 0 Å². The van der Waals surface area contributed by atoms with Crippen molar-refractivity contribution in [3.63, 3.8) is 0 Å². The van der Waals surface area contributed by atoms with E-state index in [1.54, 1.807) is 36.2 Å². The molecule has 2 rings (SSSR count). The molecule has 5 nitrogen and oxygen atoms in total. The van der Waals surface area contributed by atoms with Gasteiger partial charge in [0.1, 0.15) is 5.75 Å². The van der Waals surface area contributed by atoms with Gasteiger partial charge >= 0.3 is 5.69 Å². The second-order valence-electron chi connectivity index (χ2n) is 4.11. The largest absolute Gasteiger partial charge is 0.496 e. The number of benzene rings is 1. The maximum absolute atomic E-state index is 11.6. The zero-order chi connectivity index (χ0) is 13.1. The van der Waals surface area contributed by atoms with E-state index in [-0.39, 0.29) is 5.69 Å². The highest BCUT2D eigenvalue weighted by molar-refractivity contribution is 5.48. The van der Waals surface area contributed by atoms with Gasteiger partial charge < -0.3 is 10.5 Å². The number of aryl methyl sites for hydroxylation is 1. The molecule has 0 unspecified atom stereocenters. The highest BCUT2D eigenvalue weighted by Crippen LogP contribution is 2.21. The number of ether oxygens (including phenoxy) is 1. The van der Waals surface area contributed by atoms with Gasteiger partial charge in [0.25, 0.3) is 0 Å². The second kappa shape index (κ2) is 4.91. The van der Waals surface area contributed by atoms with Crippen LogP contribution in [0.5, 0.6) is 5.75 Å². The maximum atomic E-state index is 11.6. The van der Waals surface area contributed by atoms with Crippen LogP contribution in [0.15, 0.2) is 35.4 Å². The lowest BCUT2D eigenvalue weighted by molar-refractivity contribution is 0.408. The first kappa shape index (κ1) is 12.2. The molecule has 1 aromatic heterocycles. The predicted molar refractivity (Wildman–Crippen MR) is 69.7 cm³/mol. The molecule has 0 bridgehead atoms. The second-order valence-corrected chi connectivity index (χ2v) is 4.11. The van der Waals surface area contributed by atoms with Crippen LogP contribution in [0.2, 0.25) is 0 Å². The number of nitrogens with two attached hydrogens (primary N) is 1.